The van der Waals surface area contributed by atoms with Crippen molar-refractivity contribution in [3.63, 3.8) is 0 Å². The van der Waals surface area contributed by atoms with Crippen LogP contribution in [0.5, 0.6) is 5.75 Å². The number of aromatic nitrogens is 2. The molecule has 58 valence electrons. The Bertz CT molecular complexity index is 343. The molecule has 0 bridgehead atoms. The van der Waals surface area contributed by atoms with Gasteiger partial charge in [0.2, 0.25) is 5.43 Å². The normalized spacial score (nSPS) is 9.45. The lowest BCUT2D eigenvalue weighted by Gasteiger charge is -1.94. The number of carboxylic acid groups (broad SMARTS) is 1. The summed E-state index contributed by atoms with van der Waals surface area (Å²) in [5.74, 6) is -2.25. The Morgan fingerprint density at radius 1 is 1.64 bits per heavy atom. The van der Waals surface area contributed by atoms with Crippen LogP contribution in [0.1, 0.15) is 10.5 Å². The van der Waals surface area contributed by atoms with Gasteiger partial charge in [-0.25, -0.2) is 4.79 Å². The van der Waals surface area contributed by atoms with Crippen molar-refractivity contribution in [2.45, 2.75) is 0 Å². The second kappa shape index (κ2) is 2.41. The van der Waals surface area contributed by atoms with E-state index >= 15 is 0 Å². The molecule has 0 amide bonds. The fourth-order valence-electron chi connectivity index (χ4n) is 0.542. The minimum Gasteiger partial charge on any atom is -0.502 e. The van der Waals surface area contributed by atoms with Gasteiger partial charge in [0.25, 0.3) is 0 Å². The van der Waals surface area contributed by atoms with Gasteiger partial charge in [0.15, 0.2) is 11.4 Å². The largest absolute Gasteiger partial charge is 0.502 e. The van der Waals surface area contributed by atoms with Gasteiger partial charge in [-0.3, -0.25) is 9.89 Å². The van der Waals surface area contributed by atoms with Crippen LogP contribution in [0, 0.1) is 0 Å². The highest BCUT2D eigenvalue weighted by atomic mass is 16.4. The van der Waals surface area contributed by atoms with Crippen molar-refractivity contribution in [1.82, 2.24) is 10.2 Å². The first-order chi connectivity index (χ1) is 5.13. The van der Waals surface area contributed by atoms with Gasteiger partial charge < -0.3 is 10.2 Å². The maximum atomic E-state index is 10.5. The molecular weight excluding hydrogens is 152 g/mol. The number of H-pyrrole nitrogens is 1. The summed E-state index contributed by atoms with van der Waals surface area (Å²) in [5, 5.41) is 22.3. The van der Waals surface area contributed by atoms with E-state index < -0.39 is 22.8 Å². The highest BCUT2D eigenvalue weighted by molar-refractivity contribution is 5.87. The molecule has 0 radical (unpaired) electrons. The van der Waals surface area contributed by atoms with Gasteiger partial charge in [0, 0.05) is 0 Å². The Hall–Kier alpha value is -1.85. The summed E-state index contributed by atoms with van der Waals surface area (Å²) in [7, 11) is 0. The first-order valence-corrected chi connectivity index (χ1v) is 2.63. The van der Waals surface area contributed by atoms with E-state index in [-0.39, 0.29) is 0 Å². The number of nitrogens with one attached hydrogen (secondary N) is 1. The SMILES string of the molecule is O=C(O)c1[nH]ncc(=O)c1O. The predicted molar refractivity (Wildman–Crippen MR) is 33.5 cm³/mol. The maximum Gasteiger partial charge on any atom is 0.357 e. The first kappa shape index (κ1) is 7.26. The Morgan fingerprint density at radius 2 is 2.27 bits per heavy atom. The standard InChI is InChI=1S/C5H4N2O4/c8-2-1-6-7-3(4(2)9)5(10)11/h1H,(H,6,9)(H,7,8)(H,10,11). The minimum atomic E-state index is -1.42. The molecule has 0 saturated carbocycles. The highest BCUT2D eigenvalue weighted by Gasteiger charge is 2.12. The van der Waals surface area contributed by atoms with E-state index in [1.54, 1.807) is 0 Å². The van der Waals surface area contributed by atoms with Crippen LogP contribution >= 0.6 is 0 Å². The van der Waals surface area contributed by atoms with Gasteiger partial charge in [-0.05, 0) is 0 Å². The van der Waals surface area contributed by atoms with Crippen LogP contribution in [0.25, 0.3) is 0 Å². The Balaban J connectivity index is 3.39. The third-order valence-electron chi connectivity index (χ3n) is 1.04. The zero-order chi connectivity index (χ0) is 8.43. The molecule has 0 aliphatic heterocycles. The van der Waals surface area contributed by atoms with Crippen molar-refractivity contribution in [3.05, 3.63) is 22.1 Å². The third kappa shape index (κ3) is 1.18. The van der Waals surface area contributed by atoms with Gasteiger partial charge >= 0.3 is 5.97 Å². The molecule has 1 rings (SSSR count). The molecule has 0 aliphatic rings. The van der Waals surface area contributed by atoms with E-state index in [0.29, 0.717) is 0 Å². The molecule has 1 heterocycles. The number of nitrogens with zero attached hydrogens (tertiary/aromatic N) is 1. The highest BCUT2D eigenvalue weighted by Crippen LogP contribution is 2.04. The number of aromatic hydroxyl groups is 1. The van der Waals surface area contributed by atoms with Crippen LogP contribution < -0.4 is 5.43 Å². The van der Waals surface area contributed by atoms with E-state index in [2.05, 4.69) is 5.10 Å². The van der Waals surface area contributed by atoms with Gasteiger partial charge in [0.1, 0.15) is 0 Å². The number of hydrogen-bond acceptors (Lipinski definition) is 4. The summed E-state index contributed by atoms with van der Waals surface area (Å²) in [6.07, 6.45) is 0.793. The summed E-state index contributed by atoms with van der Waals surface area (Å²) < 4.78 is 0. The van der Waals surface area contributed by atoms with Crippen LogP contribution in [-0.2, 0) is 0 Å². The molecule has 0 atom stereocenters. The molecule has 0 aromatic carbocycles. The summed E-state index contributed by atoms with van der Waals surface area (Å²) in [5.41, 5.74) is -1.42. The fourth-order valence-corrected chi connectivity index (χ4v) is 0.542. The lowest BCUT2D eigenvalue weighted by Crippen LogP contribution is -2.10. The zero-order valence-electron chi connectivity index (χ0n) is 5.24. The minimum absolute atomic E-state index is 0.600. The first-order valence-electron chi connectivity index (χ1n) is 2.63. The molecule has 1 aromatic heterocycles. The van der Waals surface area contributed by atoms with Crippen LogP contribution in [0.4, 0.5) is 0 Å². The lowest BCUT2D eigenvalue weighted by atomic mass is 10.3. The lowest BCUT2D eigenvalue weighted by molar-refractivity contribution is 0.0685. The van der Waals surface area contributed by atoms with Crippen LogP contribution in [0.15, 0.2) is 11.0 Å². The van der Waals surface area contributed by atoms with E-state index in [4.69, 9.17) is 10.2 Å². The number of aromatic amines is 1. The number of hydrogen-bond donors (Lipinski definition) is 3. The number of carbonyl (C=O) groups is 1. The van der Waals surface area contributed by atoms with Gasteiger partial charge in [0.05, 0.1) is 6.20 Å². The second-order valence-electron chi connectivity index (χ2n) is 1.76. The Kier molecular flexibility index (Phi) is 1.59. The molecule has 0 fully saturated rings. The second-order valence-corrected chi connectivity index (χ2v) is 1.76. The number of carboxylic acids is 1. The molecule has 0 aliphatic carbocycles. The maximum absolute atomic E-state index is 10.5. The average molecular weight is 156 g/mol. The summed E-state index contributed by atoms with van der Waals surface area (Å²) in [6.45, 7) is 0. The van der Waals surface area contributed by atoms with Crippen LogP contribution in [0.2, 0.25) is 0 Å². The topological polar surface area (TPSA) is 103 Å². The molecular formula is C5H4N2O4. The smallest absolute Gasteiger partial charge is 0.357 e. The van der Waals surface area contributed by atoms with E-state index in [1.165, 1.54) is 0 Å². The molecule has 3 N–H and O–H groups in total. The molecule has 0 spiro atoms. The predicted octanol–water partition coefficient (Wildman–Crippen LogP) is -0.826. The summed E-state index contributed by atoms with van der Waals surface area (Å²) in [6, 6.07) is 0. The van der Waals surface area contributed by atoms with Crippen LogP contribution in [-0.4, -0.2) is 26.4 Å². The van der Waals surface area contributed by atoms with Crippen molar-refractivity contribution in [1.29, 1.82) is 0 Å². The van der Waals surface area contributed by atoms with Crippen molar-refractivity contribution >= 4 is 5.97 Å². The van der Waals surface area contributed by atoms with E-state index in [1.807, 2.05) is 5.10 Å². The zero-order valence-corrected chi connectivity index (χ0v) is 5.24. The summed E-state index contributed by atoms with van der Waals surface area (Å²) >= 11 is 0. The quantitative estimate of drug-likeness (QED) is 0.492. The van der Waals surface area contributed by atoms with Gasteiger partial charge in [-0.2, -0.15) is 5.10 Å². The van der Waals surface area contributed by atoms with E-state index in [9.17, 15) is 9.59 Å². The summed E-state index contributed by atoms with van der Waals surface area (Å²) in [4.78, 5) is 20.8. The van der Waals surface area contributed by atoms with Gasteiger partial charge in [-0.15, -0.1) is 0 Å². The van der Waals surface area contributed by atoms with Crippen molar-refractivity contribution in [3.8, 4) is 5.75 Å². The van der Waals surface area contributed by atoms with Crippen molar-refractivity contribution in [2.75, 3.05) is 0 Å². The molecule has 11 heavy (non-hydrogen) atoms. The molecule has 6 heteroatoms. The fraction of sp³-hybridized carbons (Fsp3) is 0. The number of aromatic carboxylic acids is 1. The monoisotopic (exact) mass is 156 g/mol. The third-order valence-corrected chi connectivity index (χ3v) is 1.04. The number of rotatable bonds is 1. The van der Waals surface area contributed by atoms with Crippen LogP contribution in [0.3, 0.4) is 0 Å². The average Bonchev–Trinajstić information content (AvgIpc) is 1.94. The van der Waals surface area contributed by atoms with Crippen molar-refractivity contribution < 1.29 is 15.0 Å². The molecule has 0 unspecified atom stereocenters. The van der Waals surface area contributed by atoms with Crippen molar-refractivity contribution in [2.24, 2.45) is 0 Å². The molecule has 0 saturated heterocycles. The Morgan fingerprint density at radius 3 is 2.73 bits per heavy atom. The Labute approximate surface area is 60.1 Å². The molecule has 6 nitrogen and oxygen atoms in total. The van der Waals surface area contributed by atoms with E-state index in [0.717, 1.165) is 6.20 Å². The van der Waals surface area contributed by atoms with Gasteiger partial charge in [-0.1, -0.05) is 0 Å². The molecule has 1 aromatic rings.